The van der Waals surface area contributed by atoms with Gasteiger partial charge in [0, 0.05) is 10.0 Å². The van der Waals surface area contributed by atoms with E-state index >= 15 is 0 Å². The van der Waals surface area contributed by atoms with Crippen molar-refractivity contribution in [2.24, 2.45) is 0 Å². The smallest absolute Gasteiger partial charge is 0.261 e. The van der Waals surface area contributed by atoms with E-state index in [9.17, 15) is 9.59 Å². The maximum Gasteiger partial charge on any atom is 0.261 e. The van der Waals surface area contributed by atoms with Gasteiger partial charge in [0.25, 0.3) is 11.8 Å². The molecule has 2 N–H and O–H groups in total. The lowest BCUT2D eigenvalue weighted by molar-refractivity contribution is -0.118. The summed E-state index contributed by atoms with van der Waals surface area (Å²) in [7, 11) is 4.52. The van der Waals surface area contributed by atoms with Gasteiger partial charge in [-0.15, -0.1) is 0 Å². The summed E-state index contributed by atoms with van der Waals surface area (Å²) in [5, 5.41) is 5.50. The molecule has 0 aliphatic carbocycles. The number of ether oxygens (including phenoxy) is 3. The first-order valence-electron chi connectivity index (χ1n) is 9.90. The van der Waals surface area contributed by atoms with Crippen molar-refractivity contribution in [3.8, 4) is 17.2 Å². The van der Waals surface area contributed by atoms with E-state index in [4.69, 9.17) is 14.2 Å². The second kappa shape index (κ2) is 11.2. The van der Waals surface area contributed by atoms with Crippen molar-refractivity contribution < 1.29 is 23.8 Å². The van der Waals surface area contributed by atoms with Crippen molar-refractivity contribution in [2.45, 2.75) is 0 Å². The molecular weight excluding hydrogens is 488 g/mol. The third-order valence-corrected chi connectivity index (χ3v) is 5.18. The normalized spacial score (nSPS) is 10.1. The number of carbonyl (C=O) groups is 2. The third-order valence-electron chi connectivity index (χ3n) is 4.69. The van der Waals surface area contributed by atoms with Crippen LogP contribution in [0.15, 0.2) is 76.8 Å². The van der Waals surface area contributed by atoms with Crippen LogP contribution in [0.5, 0.6) is 17.2 Å². The van der Waals surface area contributed by atoms with Crippen LogP contribution in [0.2, 0.25) is 0 Å². The summed E-state index contributed by atoms with van der Waals surface area (Å²) in [6.45, 7) is 0. The first kappa shape index (κ1) is 23.9. The van der Waals surface area contributed by atoms with Crippen molar-refractivity contribution in [2.75, 3.05) is 32.0 Å². The molecule has 0 aliphatic rings. The Hall–Kier alpha value is -3.78. The highest BCUT2D eigenvalue weighted by molar-refractivity contribution is 9.10. The molecule has 0 saturated carbocycles. The number of hydrogen-bond donors (Lipinski definition) is 2. The highest BCUT2D eigenvalue weighted by Gasteiger charge is 2.22. The van der Waals surface area contributed by atoms with Crippen molar-refractivity contribution >= 4 is 45.2 Å². The number of para-hydroxylation sites is 4. The van der Waals surface area contributed by atoms with Gasteiger partial charge in [-0.1, -0.05) is 40.2 Å². The highest BCUT2D eigenvalue weighted by atomic mass is 79.9. The van der Waals surface area contributed by atoms with Gasteiger partial charge in [0.2, 0.25) is 0 Å². The standard InChI is InChI=1S/C25H23BrN2O5/c1-31-21-13-12-17(26)14-16(21)15-18(24(29)27-19-8-4-6-10-22(19)32-2)25(30)28-20-9-5-7-11-23(20)33-3/h4-15H,1-3H3,(H,27,29)(H,28,30). The van der Waals surface area contributed by atoms with Crippen LogP contribution in [-0.4, -0.2) is 33.1 Å². The summed E-state index contributed by atoms with van der Waals surface area (Å²) in [5.41, 5.74) is 1.28. The van der Waals surface area contributed by atoms with Gasteiger partial charge in [-0.3, -0.25) is 9.59 Å². The van der Waals surface area contributed by atoms with E-state index in [-0.39, 0.29) is 5.57 Å². The van der Waals surface area contributed by atoms with Crippen LogP contribution in [0.25, 0.3) is 6.08 Å². The molecule has 0 bridgehead atoms. The Bertz CT molecular complexity index is 1130. The average Bonchev–Trinajstić information content (AvgIpc) is 2.83. The number of anilines is 2. The fraction of sp³-hybridized carbons (Fsp3) is 0.120. The molecule has 3 rings (SSSR count). The summed E-state index contributed by atoms with van der Waals surface area (Å²) >= 11 is 3.42. The number of carbonyl (C=O) groups excluding carboxylic acids is 2. The topological polar surface area (TPSA) is 85.9 Å². The van der Waals surface area contributed by atoms with Crippen LogP contribution in [0.1, 0.15) is 5.56 Å². The van der Waals surface area contributed by atoms with Crippen molar-refractivity contribution in [3.63, 3.8) is 0 Å². The molecule has 8 heteroatoms. The van der Waals surface area contributed by atoms with E-state index in [2.05, 4.69) is 26.6 Å². The molecule has 33 heavy (non-hydrogen) atoms. The molecule has 2 amide bonds. The molecule has 3 aromatic carbocycles. The molecule has 0 fully saturated rings. The summed E-state index contributed by atoms with van der Waals surface area (Å²) < 4.78 is 16.8. The van der Waals surface area contributed by atoms with E-state index < -0.39 is 11.8 Å². The van der Waals surface area contributed by atoms with Gasteiger partial charge >= 0.3 is 0 Å². The molecule has 0 aliphatic heterocycles. The molecule has 7 nitrogen and oxygen atoms in total. The Kier molecular flexibility index (Phi) is 8.10. The summed E-state index contributed by atoms with van der Waals surface area (Å²) in [6, 6.07) is 19.2. The summed E-state index contributed by atoms with van der Waals surface area (Å²) in [5.74, 6) is 0.208. The summed E-state index contributed by atoms with van der Waals surface area (Å²) in [6.07, 6.45) is 1.47. The number of halogens is 1. The summed E-state index contributed by atoms with van der Waals surface area (Å²) in [4.78, 5) is 26.6. The predicted octanol–water partition coefficient (Wildman–Crippen LogP) is 5.14. The minimum absolute atomic E-state index is 0.136. The largest absolute Gasteiger partial charge is 0.496 e. The fourth-order valence-electron chi connectivity index (χ4n) is 3.08. The van der Waals surface area contributed by atoms with E-state index in [0.717, 1.165) is 4.47 Å². The quantitative estimate of drug-likeness (QED) is 0.249. The van der Waals surface area contributed by atoms with Gasteiger partial charge in [-0.2, -0.15) is 0 Å². The van der Waals surface area contributed by atoms with E-state index in [1.165, 1.54) is 27.4 Å². The maximum absolute atomic E-state index is 13.3. The van der Waals surface area contributed by atoms with Gasteiger partial charge < -0.3 is 24.8 Å². The Morgan fingerprint density at radius 3 is 1.70 bits per heavy atom. The molecule has 0 aromatic heterocycles. The second-order valence-corrected chi connectivity index (χ2v) is 7.67. The zero-order valence-corrected chi connectivity index (χ0v) is 19.9. The first-order chi connectivity index (χ1) is 16.0. The fourth-order valence-corrected chi connectivity index (χ4v) is 3.46. The van der Waals surface area contributed by atoms with Crippen molar-refractivity contribution in [1.82, 2.24) is 0 Å². The van der Waals surface area contributed by atoms with E-state index in [1.54, 1.807) is 66.7 Å². The third kappa shape index (κ3) is 5.93. The molecule has 0 heterocycles. The van der Waals surface area contributed by atoms with Gasteiger partial charge in [-0.05, 0) is 48.5 Å². The van der Waals surface area contributed by atoms with Crippen LogP contribution in [0, 0.1) is 0 Å². The second-order valence-electron chi connectivity index (χ2n) is 6.75. The lowest BCUT2D eigenvalue weighted by atomic mass is 10.1. The Labute approximate surface area is 200 Å². The van der Waals surface area contributed by atoms with Crippen molar-refractivity contribution in [3.05, 3.63) is 82.3 Å². The molecule has 0 radical (unpaired) electrons. The number of methoxy groups -OCH3 is 3. The number of rotatable bonds is 8. The Balaban J connectivity index is 2.03. The zero-order valence-electron chi connectivity index (χ0n) is 18.3. The molecule has 0 saturated heterocycles. The van der Waals surface area contributed by atoms with Crippen LogP contribution in [0.4, 0.5) is 11.4 Å². The van der Waals surface area contributed by atoms with Gasteiger partial charge in [0.15, 0.2) is 0 Å². The number of amides is 2. The predicted molar refractivity (Wildman–Crippen MR) is 132 cm³/mol. The monoisotopic (exact) mass is 510 g/mol. The van der Waals surface area contributed by atoms with Crippen LogP contribution < -0.4 is 24.8 Å². The minimum atomic E-state index is -0.617. The maximum atomic E-state index is 13.3. The Morgan fingerprint density at radius 2 is 1.21 bits per heavy atom. The Morgan fingerprint density at radius 1 is 0.727 bits per heavy atom. The molecule has 0 atom stereocenters. The van der Waals surface area contributed by atoms with Gasteiger partial charge in [0.05, 0.1) is 32.7 Å². The van der Waals surface area contributed by atoms with Crippen LogP contribution in [-0.2, 0) is 9.59 Å². The van der Waals surface area contributed by atoms with Crippen LogP contribution >= 0.6 is 15.9 Å². The molecule has 0 unspecified atom stereocenters. The number of nitrogens with one attached hydrogen (secondary N) is 2. The lowest BCUT2D eigenvalue weighted by Gasteiger charge is -2.14. The SMILES string of the molecule is COc1ccc(Br)cc1C=C(C(=O)Nc1ccccc1OC)C(=O)Nc1ccccc1OC. The highest BCUT2D eigenvalue weighted by Crippen LogP contribution is 2.29. The van der Waals surface area contributed by atoms with Gasteiger partial charge in [0.1, 0.15) is 22.8 Å². The number of benzene rings is 3. The van der Waals surface area contributed by atoms with E-state index in [1.807, 2.05) is 0 Å². The van der Waals surface area contributed by atoms with Gasteiger partial charge in [-0.25, -0.2) is 0 Å². The molecule has 3 aromatic rings. The molecule has 0 spiro atoms. The zero-order chi connectivity index (χ0) is 23.8. The van der Waals surface area contributed by atoms with Crippen LogP contribution in [0.3, 0.4) is 0 Å². The molecular formula is C25H23BrN2O5. The van der Waals surface area contributed by atoms with Crippen molar-refractivity contribution in [1.29, 1.82) is 0 Å². The lowest BCUT2D eigenvalue weighted by Crippen LogP contribution is -2.25. The minimum Gasteiger partial charge on any atom is -0.496 e. The van der Waals surface area contributed by atoms with E-state index in [0.29, 0.717) is 34.2 Å². The first-order valence-corrected chi connectivity index (χ1v) is 10.7. The number of hydrogen-bond acceptors (Lipinski definition) is 5. The average molecular weight is 511 g/mol. The molecule has 170 valence electrons.